The lowest BCUT2D eigenvalue weighted by Gasteiger charge is -2.08. The minimum atomic E-state index is -0.315. The zero-order valence-electron chi connectivity index (χ0n) is 10.1. The fourth-order valence-corrected chi connectivity index (χ4v) is 1.64. The lowest BCUT2D eigenvalue weighted by molar-refractivity contribution is 0.300. The summed E-state index contributed by atoms with van der Waals surface area (Å²) in [5, 5.41) is 0. The molecular formula is C13H16FN3O. The minimum absolute atomic E-state index is 0.201. The third-order valence-electron chi connectivity index (χ3n) is 2.63. The molecule has 0 spiro atoms. The van der Waals surface area contributed by atoms with Crippen molar-refractivity contribution in [1.82, 2.24) is 9.55 Å². The van der Waals surface area contributed by atoms with Gasteiger partial charge in [0.15, 0.2) is 0 Å². The molecule has 2 aromatic rings. The molecule has 18 heavy (non-hydrogen) atoms. The number of rotatable bonds is 6. The van der Waals surface area contributed by atoms with Gasteiger partial charge < -0.3 is 15.0 Å². The van der Waals surface area contributed by atoms with Crippen LogP contribution in [0, 0.1) is 5.82 Å². The average molecular weight is 249 g/mol. The fraction of sp³-hybridized carbons (Fsp3) is 0.308. The summed E-state index contributed by atoms with van der Waals surface area (Å²) in [6.07, 6.45) is 6.24. The van der Waals surface area contributed by atoms with Crippen LogP contribution in [0.3, 0.4) is 0 Å². The van der Waals surface area contributed by atoms with Crippen molar-refractivity contribution in [3.8, 4) is 5.75 Å². The van der Waals surface area contributed by atoms with Crippen molar-refractivity contribution in [2.75, 3.05) is 6.61 Å². The van der Waals surface area contributed by atoms with E-state index in [-0.39, 0.29) is 12.4 Å². The summed E-state index contributed by atoms with van der Waals surface area (Å²) < 4.78 is 20.9. The fourth-order valence-electron chi connectivity index (χ4n) is 1.64. The topological polar surface area (TPSA) is 53.1 Å². The first-order chi connectivity index (χ1) is 8.79. The average Bonchev–Trinajstić information content (AvgIpc) is 2.88. The number of halogens is 1. The first-order valence-corrected chi connectivity index (χ1v) is 5.86. The Hall–Kier alpha value is -1.88. The Morgan fingerprint density at radius 1 is 1.39 bits per heavy atom. The van der Waals surface area contributed by atoms with Crippen molar-refractivity contribution in [2.24, 2.45) is 5.73 Å². The van der Waals surface area contributed by atoms with Crippen molar-refractivity contribution in [2.45, 2.75) is 19.5 Å². The predicted octanol–water partition coefficient (Wildman–Crippen LogP) is 1.95. The van der Waals surface area contributed by atoms with Gasteiger partial charge in [-0.05, 0) is 12.5 Å². The number of aryl methyl sites for hydroxylation is 1. The molecule has 0 saturated heterocycles. The first kappa shape index (κ1) is 12.6. The van der Waals surface area contributed by atoms with E-state index in [9.17, 15) is 4.39 Å². The maximum atomic E-state index is 13.4. The summed E-state index contributed by atoms with van der Waals surface area (Å²) in [5.74, 6) is 0.222. The normalized spacial score (nSPS) is 10.6. The third-order valence-corrected chi connectivity index (χ3v) is 2.63. The highest BCUT2D eigenvalue weighted by atomic mass is 19.1. The molecule has 0 saturated carbocycles. The molecular weight excluding hydrogens is 233 g/mol. The van der Waals surface area contributed by atoms with Crippen molar-refractivity contribution < 1.29 is 9.13 Å². The number of nitrogens with zero attached hydrogens (tertiary/aromatic N) is 2. The molecule has 1 aromatic carbocycles. The number of imidazole rings is 1. The molecule has 0 aliphatic carbocycles. The summed E-state index contributed by atoms with van der Waals surface area (Å²) >= 11 is 0. The van der Waals surface area contributed by atoms with Gasteiger partial charge in [-0.3, -0.25) is 0 Å². The summed E-state index contributed by atoms with van der Waals surface area (Å²) in [7, 11) is 0. The number of ether oxygens (including phenoxy) is 1. The second-order valence-corrected chi connectivity index (χ2v) is 3.96. The molecule has 0 amide bonds. The number of hydrogen-bond acceptors (Lipinski definition) is 3. The molecule has 0 bridgehead atoms. The first-order valence-electron chi connectivity index (χ1n) is 5.86. The van der Waals surface area contributed by atoms with Crippen LogP contribution in [0.4, 0.5) is 4.39 Å². The number of benzene rings is 1. The zero-order valence-corrected chi connectivity index (χ0v) is 10.1. The van der Waals surface area contributed by atoms with Gasteiger partial charge >= 0.3 is 0 Å². The Labute approximate surface area is 105 Å². The van der Waals surface area contributed by atoms with Crippen molar-refractivity contribution in [3.05, 3.63) is 48.3 Å². The standard InChI is InChI=1S/C13H16FN3O/c14-13-8-12(3-2-11(13)9-15)18-7-1-5-17-6-4-16-10-17/h2-4,6,8,10H,1,5,7,9,15H2. The van der Waals surface area contributed by atoms with E-state index in [2.05, 4.69) is 4.98 Å². The van der Waals surface area contributed by atoms with Crippen LogP contribution in [-0.2, 0) is 13.1 Å². The van der Waals surface area contributed by atoms with Crippen molar-refractivity contribution in [3.63, 3.8) is 0 Å². The van der Waals surface area contributed by atoms with E-state index in [1.54, 1.807) is 24.7 Å². The lowest BCUT2D eigenvalue weighted by Crippen LogP contribution is -2.04. The van der Waals surface area contributed by atoms with Gasteiger partial charge in [0.2, 0.25) is 0 Å². The maximum absolute atomic E-state index is 13.4. The second kappa shape index (κ2) is 6.16. The molecule has 5 heteroatoms. The van der Waals surface area contributed by atoms with Gasteiger partial charge in [-0.1, -0.05) is 6.07 Å². The smallest absolute Gasteiger partial charge is 0.131 e. The van der Waals surface area contributed by atoms with Gasteiger partial charge in [0.1, 0.15) is 11.6 Å². The minimum Gasteiger partial charge on any atom is -0.493 e. The van der Waals surface area contributed by atoms with Crippen LogP contribution >= 0.6 is 0 Å². The highest BCUT2D eigenvalue weighted by Gasteiger charge is 2.02. The van der Waals surface area contributed by atoms with E-state index >= 15 is 0 Å². The van der Waals surface area contributed by atoms with Gasteiger partial charge in [-0.15, -0.1) is 0 Å². The molecule has 2 N–H and O–H groups in total. The summed E-state index contributed by atoms with van der Waals surface area (Å²) in [5.41, 5.74) is 5.89. The summed E-state index contributed by atoms with van der Waals surface area (Å²) in [4.78, 5) is 3.95. The van der Waals surface area contributed by atoms with Crippen LogP contribution < -0.4 is 10.5 Å². The maximum Gasteiger partial charge on any atom is 0.131 e. The van der Waals surface area contributed by atoms with E-state index in [1.807, 2.05) is 10.8 Å². The van der Waals surface area contributed by atoms with Crippen LogP contribution in [0.1, 0.15) is 12.0 Å². The molecule has 0 atom stereocenters. The Morgan fingerprint density at radius 3 is 2.94 bits per heavy atom. The molecule has 1 heterocycles. The molecule has 0 aliphatic heterocycles. The Bertz CT molecular complexity index is 485. The van der Waals surface area contributed by atoms with E-state index in [4.69, 9.17) is 10.5 Å². The van der Waals surface area contributed by atoms with Crippen molar-refractivity contribution >= 4 is 0 Å². The Balaban J connectivity index is 1.78. The van der Waals surface area contributed by atoms with E-state index in [1.165, 1.54) is 6.07 Å². The zero-order chi connectivity index (χ0) is 12.8. The lowest BCUT2D eigenvalue weighted by atomic mass is 10.2. The van der Waals surface area contributed by atoms with Crippen LogP contribution in [0.25, 0.3) is 0 Å². The van der Waals surface area contributed by atoms with Gasteiger partial charge in [0.05, 0.1) is 12.9 Å². The van der Waals surface area contributed by atoms with E-state index < -0.39 is 0 Å². The van der Waals surface area contributed by atoms with Crippen LogP contribution in [-0.4, -0.2) is 16.2 Å². The van der Waals surface area contributed by atoms with E-state index in [0.717, 1.165) is 13.0 Å². The molecule has 4 nitrogen and oxygen atoms in total. The highest BCUT2D eigenvalue weighted by Crippen LogP contribution is 2.16. The summed E-state index contributed by atoms with van der Waals surface area (Å²) in [6.45, 7) is 1.58. The second-order valence-electron chi connectivity index (χ2n) is 3.96. The van der Waals surface area contributed by atoms with Gasteiger partial charge in [0, 0.05) is 37.1 Å². The van der Waals surface area contributed by atoms with Crippen molar-refractivity contribution in [1.29, 1.82) is 0 Å². The monoisotopic (exact) mass is 249 g/mol. The molecule has 0 aliphatic rings. The quantitative estimate of drug-likeness (QED) is 0.796. The molecule has 0 fully saturated rings. The van der Waals surface area contributed by atoms with Gasteiger partial charge in [-0.2, -0.15) is 0 Å². The highest BCUT2D eigenvalue weighted by molar-refractivity contribution is 5.28. The molecule has 0 unspecified atom stereocenters. The number of hydrogen-bond donors (Lipinski definition) is 1. The predicted molar refractivity (Wildman–Crippen MR) is 66.6 cm³/mol. The molecule has 96 valence electrons. The molecule has 0 radical (unpaired) electrons. The largest absolute Gasteiger partial charge is 0.493 e. The van der Waals surface area contributed by atoms with E-state index in [0.29, 0.717) is 17.9 Å². The van der Waals surface area contributed by atoms with Gasteiger partial charge in [0.25, 0.3) is 0 Å². The van der Waals surface area contributed by atoms with Crippen LogP contribution in [0.5, 0.6) is 5.75 Å². The van der Waals surface area contributed by atoms with Gasteiger partial charge in [-0.25, -0.2) is 9.37 Å². The number of aromatic nitrogens is 2. The number of nitrogens with two attached hydrogens (primary N) is 1. The summed E-state index contributed by atoms with van der Waals surface area (Å²) in [6, 6.07) is 4.77. The third kappa shape index (κ3) is 3.30. The van der Waals surface area contributed by atoms with Crippen LogP contribution in [0.2, 0.25) is 0 Å². The molecule has 2 rings (SSSR count). The Kier molecular flexibility index (Phi) is 4.30. The SMILES string of the molecule is NCc1ccc(OCCCn2ccnc2)cc1F. The van der Waals surface area contributed by atoms with Crippen LogP contribution in [0.15, 0.2) is 36.9 Å². The molecule has 1 aromatic heterocycles. The Morgan fingerprint density at radius 2 is 2.28 bits per heavy atom.